The van der Waals surface area contributed by atoms with Gasteiger partial charge in [-0.1, -0.05) is 48.0 Å². The Hall–Kier alpha value is -2.85. The summed E-state index contributed by atoms with van der Waals surface area (Å²) < 4.78 is 19.6. The van der Waals surface area contributed by atoms with Gasteiger partial charge in [0.1, 0.15) is 11.6 Å². The van der Waals surface area contributed by atoms with E-state index in [1.165, 1.54) is 18.2 Å². The van der Waals surface area contributed by atoms with Crippen molar-refractivity contribution in [1.82, 2.24) is 0 Å². The van der Waals surface area contributed by atoms with Crippen LogP contribution in [0.4, 0.5) is 10.1 Å². The van der Waals surface area contributed by atoms with Gasteiger partial charge < -0.3 is 10.1 Å². The van der Waals surface area contributed by atoms with E-state index < -0.39 is 11.7 Å². The molecule has 0 aliphatic heterocycles. The number of carbonyl (C=O) groups is 1. The van der Waals surface area contributed by atoms with Crippen LogP contribution in [0.25, 0.3) is 0 Å². The predicted octanol–water partition coefficient (Wildman–Crippen LogP) is 5.52. The molecule has 0 unspecified atom stereocenters. The van der Waals surface area contributed by atoms with Crippen LogP contribution in [0.5, 0.6) is 11.5 Å². The Labute approximate surface area is 143 Å². The number of amides is 1. The van der Waals surface area contributed by atoms with Crippen LogP contribution < -0.4 is 10.1 Å². The van der Waals surface area contributed by atoms with E-state index in [1.54, 1.807) is 36.4 Å². The standard InChI is InChI=1S/C19H13ClFNO2/c20-14-9-6-10-15(21)18(14)19(23)22-16-11-4-5-12-17(16)24-13-7-2-1-3-8-13/h1-12H,(H,22,23). The van der Waals surface area contributed by atoms with Crippen LogP contribution in [0, 0.1) is 5.82 Å². The number of benzene rings is 3. The van der Waals surface area contributed by atoms with Crippen molar-refractivity contribution in [2.24, 2.45) is 0 Å². The van der Waals surface area contributed by atoms with Crippen LogP contribution >= 0.6 is 11.6 Å². The second kappa shape index (κ2) is 7.15. The molecule has 3 aromatic carbocycles. The molecule has 120 valence electrons. The molecule has 0 aliphatic carbocycles. The third kappa shape index (κ3) is 3.55. The molecule has 1 amide bonds. The zero-order chi connectivity index (χ0) is 16.9. The number of halogens is 2. The maximum atomic E-state index is 13.9. The Morgan fingerprint density at radius 2 is 1.62 bits per heavy atom. The first-order valence-corrected chi connectivity index (χ1v) is 7.60. The summed E-state index contributed by atoms with van der Waals surface area (Å²) in [6.07, 6.45) is 0. The second-order valence-corrected chi connectivity index (χ2v) is 5.37. The molecule has 0 bridgehead atoms. The van der Waals surface area contributed by atoms with Gasteiger partial charge >= 0.3 is 0 Å². The van der Waals surface area contributed by atoms with Gasteiger partial charge in [0.05, 0.1) is 16.3 Å². The molecule has 5 heteroatoms. The molecule has 0 fully saturated rings. The van der Waals surface area contributed by atoms with E-state index in [4.69, 9.17) is 16.3 Å². The van der Waals surface area contributed by atoms with Crippen molar-refractivity contribution >= 4 is 23.2 Å². The largest absolute Gasteiger partial charge is 0.455 e. The molecule has 0 spiro atoms. The summed E-state index contributed by atoms with van der Waals surface area (Å²) in [6.45, 7) is 0. The summed E-state index contributed by atoms with van der Waals surface area (Å²) in [6, 6.07) is 20.2. The summed E-state index contributed by atoms with van der Waals surface area (Å²) in [5.74, 6) is -0.240. The van der Waals surface area contributed by atoms with E-state index in [1.807, 2.05) is 18.2 Å². The molecule has 3 aromatic rings. The third-order valence-electron chi connectivity index (χ3n) is 3.30. The fraction of sp³-hybridized carbons (Fsp3) is 0. The fourth-order valence-electron chi connectivity index (χ4n) is 2.17. The zero-order valence-corrected chi connectivity index (χ0v) is 13.3. The zero-order valence-electron chi connectivity index (χ0n) is 12.5. The Morgan fingerprint density at radius 3 is 2.38 bits per heavy atom. The lowest BCUT2D eigenvalue weighted by Crippen LogP contribution is -2.15. The van der Waals surface area contributed by atoms with Crippen LogP contribution in [0.2, 0.25) is 5.02 Å². The SMILES string of the molecule is O=C(Nc1ccccc1Oc1ccccc1)c1c(F)cccc1Cl. The first-order valence-electron chi connectivity index (χ1n) is 7.22. The van der Waals surface area contributed by atoms with Gasteiger partial charge in [0.15, 0.2) is 5.75 Å². The number of hydrogen-bond donors (Lipinski definition) is 1. The number of para-hydroxylation sites is 3. The number of carbonyl (C=O) groups excluding carboxylic acids is 1. The highest BCUT2D eigenvalue weighted by Crippen LogP contribution is 2.30. The van der Waals surface area contributed by atoms with Crippen LogP contribution in [-0.4, -0.2) is 5.91 Å². The van der Waals surface area contributed by atoms with Crippen LogP contribution in [0.15, 0.2) is 72.8 Å². The van der Waals surface area contributed by atoms with E-state index in [0.29, 0.717) is 17.2 Å². The molecule has 0 aliphatic rings. The molecule has 0 heterocycles. The predicted molar refractivity (Wildman–Crippen MR) is 92.3 cm³/mol. The topological polar surface area (TPSA) is 38.3 Å². The minimum absolute atomic E-state index is 0.0500. The first kappa shape index (κ1) is 16.0. The number of nitrogens with one attached hydrogen (secondary N) is 1. The molecule has 0 atom stereocenters. The van der Waals surface area contributed by atoms with Gasteiger partial charge in [-0.2, -0.15) is 0 Å². The molecule has 0 aromatic heterocycles. The second-order valence-electron chi connectivity index (χ2n) is 4.96. The smallest absolute Gasteiger partial charge is 0.260 e. The lowest BCUT2D eigenvalue weighted by molar-refractivity contribution is 0.102. The van der Waals surface area contributed by atoms with Gasteiger partial charge in [-0.3, -0.25) is 4.79 Å². The summed E-state index contributed by atoms with van der Waals surface area (Å²) >= 11 is 5.93. The van der Waals surface area contributed by atoms with Gasteiger partial charge in [0.2, 0.25) is 0 Å². The number of ether oxygens (including phenoxy) is 1. The molecular formula is C19H13ClFNO2. The summed E-state index contributed by atoms with van der Waals surface area (Å²) in [7, 11) is 0. The first-order chi connectivity index (χ1) is 11.6. The summed E-state index contributed by atoms with van der Waals surface area (Å²) in [5.41, 5.74) is 0.222. The lowest BCUT2D eigenvalue weighted by atomic mass is 10.2. The molecule has 24 heavy (non-hydrogen) atoms. The Kier molecular flexibility index (Phi) is 4.77. The van der Waals surface area contributed by atoms with Crippen molar-refractivity contribution in [2.75, 3.05) is 5.32 Å². The molecule has 3 rings (SSSR count). The van der Waals surface area contributed by atoms with Crippen molar-refractivity contribution in [3.63, 3.8) is 0 Å². The molecule has 3 nitrogen and oxygen atoms in total. The Balaban J connectivity index is 1.87. The Morgan fingerprint density at radius 1 is 0.917 bits per heavy atom. The Bertz CT molecular complexity index is 848. The maximum absolute atomic E-state index is 13.9. The van der Waals surface area contributed by atoms with Crippen LogP contribution in [-0.2, 0) is 0 Å². The van der Waals surface area contributed by atoms with Crippen LogP contribution in [0.3, 0.4) is 0 Å². The minimum Gasteiger partial charge on any atom is -0.455 e. The van der Waals surface area contributed by atoms with Crippen molar-refractivity contribution in [3.05, 3.63) is 89.2 Å². The molecule has 0 radical (unpaired) electrons. The van der Waals surface area contributed by atoms with E-state index in [-0.39, 0.29) is 10.6 Å². The average Bonchev–Trinajstić information content (AvgIpc) is 2.57. The fourth-order valence-corrected chi connectivity index (χ4v) is 2.42. The highest BCUT2D eigenvalue weighted by atomic mass is 35.5. The van der Waals surface area contributed by atoms with E-state index in [2.05, 4.69) is 5.32 Å². The van der Waals surface area contributed by atoms with Crippen LogP contribution in [0.1, 0.15) is 10.4 Å². The lowest BCUT2D eigenvalue weighted by Gasteiger charge is -2.13. The quantitative estimate of drug-likeness (QED) is 0.678. The van der Waals surface area contributed by atoms with Gasteiger partial charge in [-0.05, 0) is 36.4 Å². The monoisotopic (exact) mass is 341 g/mol. The van der Waals surface area contributed by atoms with Gasteiger partial charge in [-0.15, -0.1) is 0 Å². The molecule has 1 N–H and O–H groups in total. The number of hydrogen-bond acceptors (Lipinski definition) is 2. The minimum atomic E-state index is -0.679. The van der Waals surface area contributed by atoms with Crippen molar-refractivity contribution < 1.29 is 13.9 Å². The number of rotatable bonds is 4. The van der Waals surface area contributed by atoms with Crippen molar-refractivity contribution in [2.45, 2.75) is 0 Å². The van der Waals surface area contributed by atoms with Crippen molar-refractivity contribution in [3.8, 4) is 11.5 Å². The highest BCUT2D eigenvalue weighted by Gasteiger charge is 2.17. The average molecular weight is 342 g/mol. The van der Waals surface area contributed by atoms with E-state index in [9.17, 15) is 9.18 Å². The van der Waals surface area contributed by atoms with E-state index in [0.717, 1.165) is 0 Å². The molecule has 0 saturated heterocycles. The van der Waals surface area contributed by atoms with Gasteiger partial charge in [0.25, 0.3) is 5.91 Å². The highest BCUT2D eigenvalue weighted by molar-refractivity contribution is 6.34. The van der Waals surface area contributed by atoms with Gasteiger partial charge in [-0.25, -0.2) is 4.39 Å². The number of anilines is 1. The normalized spacial score (nSPS) is 10.2. The third-order valence-corrected chi connectivity index (χ3v) is 3.61. The molecule has 0 saturated carbocycles. The maximum Gasteiger partial charge on any atom is 0.260 e. The van der Waals surface area contributed by atoms with E-state index >= 15 is 0 Å². The summed E-state index contributed by atoms with van der Waals surface area (Å²) in [4.78, 5) is 12.4. The molecular weight excluding hydrogens is 329 g/mol. The summed E-state index contributed by atoms with van der Waals surface area (Å²) in [5, 5.41) is 2.69. The van der Waals surface area contributed by atoms with Crippen molar-refractivity contribution in [1.29, 1.82) is 0 Å². The van der Waals surface area contributed by atoms with Gasteiger partial charge in [0, 0.05) is 0 Å².